The molecule has 0 fully saturated rings. The molecule has 0 aliphatic heterocycles. The Morgan fingerprint density at radius 3 is 2.27 bits per heavy atom. The highest BCUT2D eigenvalue weighted by atomic mass is 32.2. The number of hydrogen-bond acceptors (Lipinski definition) is 5. The molecule has 0 spiro atoms. The van der Waals surface area contributed by atoms with E-state index in [1.165, 1.54) is 12.1 Å². The second-order valence-electron chi connectivity index (χ2n) is 5.69. The first-order valence-electron chi connectivity index (χ1n) is 7.63. The van der Waals surface area contributed by atoms with Crippen molar-refractivity contribution in [1.82, 2.24) is 0 Å². The average Bonchev–Trinajstić information content (AvgIpc) is 2.52. The normalized spacial score (nSPS) is 13.3. The third-order valence-corrected chi connectivity index (χ3v) is 7.16. The van der Waals surface area contributed by atoms with E-state index in [2.05, 4.69) is 0 Å². The van der Waals surface area contributed by atoms with E-state index < -0.39 is 22.7 Å². The average molecular weight is 402 g/mol. The lowest BCUT2D eigenvalue weighted by Crippen LogP contribution is -2.20. The van der Waals surface area contributed by atoms with E-state index >= 15 is 0 Å². The molecule has 0 heterocycles. The first-order chi connectivity index (χ1) is 12.1. The standard InChI is InChI=1S/C16H19O8PS/c17-13-7-9-14(10-8-13)24-15-5-1-3-12(11-15)4-2-6-16(25(18,19)20)26(21,22)23/h1,3,5,7-11,16-17H,2,4,6H2,(H2,18,19,20)(H,21,22,23). The number of phenols is 1. The van der Waals surface area contributed by atoms with Crippen LogP contribution in [-0.4, -0.2) is 32.9 Å². The molecule has 142 valence electrons. The van der Waals surface area contributed by atoms with E-state index in [9.17, 15) is 18.1 Å². The summed E-state index contributed by atoms with van der Waals surface area (Å²) in [5.74, 6) is 1.16. The Kier molecular flexibility index (Phi) is 6.44. The van der Waals surface area contributed by atoms with E-state index in [1.807, 2.05) is 0 Å². The van der Waals surface area contributed by atoms with Crippen LogP contribution in [0.4, 0.5) is 0 Å². The number of aromatic hydroxyl groups is 1. The number of ether oxygens (including phenoxy) is 1. The molecular formula is C16H19O8PS. The Morgan fingerprint density at radius 1 is 1.04 bits per heavy atom. The highest BCUT2D eigenvalue weighted by Gasteiger charge is 2.38. The van der Waals surface area contributed by atoms with Crippen molar-refractivity contribution in [2.45, 2.75) is 24.3 Å². The minimum atomic E-state index is -4.96. The van der Waals surface area contributed by atoms with Crippen molar-refractivity contribution in [3.63, 3.8) is 0 Å². The summed E-state index contributed by atoms with van der Waals surface area (Å²) in [4.78, 5) is 16.0. The molecule has 8 nitrogen and oxygen atoms in total. The van der Waals surface area contributed by atoms with Gasteiger partial charge >= 0.3 is 7.60 Å². The number of hydrogen-bond donors (Lipinski definition) is 4. The molecule has 0 aliphatic rings. The number of benzene rings is 2. The maximum absolute atomic E-state index is 11.2. The van der Waals surface area contributed by atoms with Gasteiger partial charge in [0.05, 0.1) is 0 Å². The summed E-state index contributed by atoms with van der Waals surface area (Å²) in [6.07, 6.45) is 0.128. The van der Waals surface area contributed by atoms with Crippen LogP contribution in [0.15, 0.2) is 48.5 Å². The van der Waals surface area contributed by atoms with Gasteiger partial charge in [0.15, 0.2) is 4.99 Å². The van der Waals surface area contributed by atoms with Crippen molar-refractivity contribution in [1.29, 1.82) is 0 Å². The summed E-state index contributed by atoms with van der Waals surface area (Å²) in [7, 11) is -9.80. The molecule has 2 aromatic carbocycles. The summed E-state index contributed by atoms with van der Waals surface area (Å²) < 4.78 is 48.1. The smallest absolute Gasteiger partial charge is 0.346 e. The molecule has 1 atom stereocenters. The molecule has 0 bridgehead atoms. The van der Waals surface area contributed by atoms with E-state index in [-0.39, 0.29) is 18.6 Å². The van der Waals surface area contributed by atoms with Crippen molar-refractivity contribution < 1.29 is 37.2 Å². The fraction of sp³-hybridized carbons (Fsp3) is 0.250. The Morgan fingerprint density at radius 2 is 1.69 bits per heavy atom. The maximum Gasteiger partial charge on any atom is 0.346 e. The van der Waals surface area contributed by atoms with Gasteiger partial charge in [0.25, 0.3) is 10.1 Å². The van der Waals surface area contributed by atoms with E-state index in [4.69, 9.17) is 19.1 Å². The molecule has 1 unspecified atom stereocenters. The predicted molar refractivity (Wildman–Crippen MR) is 94.9 cm³/mol. The zero-order valence-electron chi connectivity index (χ0n) is 13.6. The van der Waals surface area contributed by atoms with E-state index in [1.54, 1.807) is 36.4 Å². The fourth-order valence-corrected chi connectivity index (χ4v) is 4.76. The first-order valence-corrected chi connectivity index (χ1v) is 10.8. The Bertz CT molecular complexity index is 889. The van der Waals surface area contributed by atoms with Crippen LogP contribution in [0, 0.1) is 0 Å². The van der Waals surface area contributed by atoms with Crippen LogP contribution < -0.4 is 4.74 Å². The quantitative estimate of drug-likeness (QED) is 0.390. The SMILES string of the molecule is O=P(O)(O)C(CCCc1cccc(Oc2ccc(O)cc2)c1)S(=O)(=O)O. The van der Waals surface area contributed by atoms with Crippen molar-refractivity contribution >= 4 is 17.7 Å². The number of phenolic OH excluding ortho intramolecular Hbond substituents is 1. The van der Waals surface area contributed by atoms with Crippen LogP contribution >= 0.6 is 7.60 Å². The van der Waals surface area contributed by atoms with Gasteiger partial charge < -0.3 is 19.6 Å². The Balaban J connectivity index is 2.00. The van der Waals surface area contributed by atoms with E-state index in [0.717, 1.165) is 5.56 Å². The van der Waals surface area contributed by atoms with Gasteiger partial charge in [-0.15, -0.1) is 0 Å². The lowest BCUT2D eigenvalue weighted by Gasteiger charge is -2.15. The van der Waals surface area contributed by atoms with Crippen molar-refractivity contribution in [3.05, 3.63) is 54.1 Å². The largest absolute Gasteiger partial charge is 0.508 e. The number of rotatable bonds is 8. The second-order valence-corrected chi connectivity index (χ2v) is 9.44. The minimum Gasteiger partial charge on any atom is -0.508 e. The van der Waals surface area contributed by atoms with Crippen LogP contribution in [0.3, 0.4) is 0 Å². The lowest BCUT2D eigenvalue weighted by molar-refractivity contribution is 0.360. The van der Waals surface area contributed by atoms with Gasteiger partial charge in [-0.2, -0.15) is 8.42 Å². The molecule has 2 rings (SSSR count). The number of aryl methyl sites for hydroxylation is 1. The molecule has 4 N–H and O–H groups in total. The van der Waals surface area contributed by atoms with Gasteiger partial charge in [0.1, 0.15) is 17.2 Å². The monoisotopic (exact) mass is 402 g/mol. The zero-order valence-corrected chi connectivity index (χ0v) is 15.3. The molecule has 26 heavy (non-hydrogen) atoms. The third-order valence-electron chi connectivity index (χ3n) is 3.61. The Labute approximate surface area is 151 Å². The second kappa shape index (κ2) is 8.20. The molecule has 0 saturated heterocycles. The van der Waals surface area contributed by atoms with Crippen molar-refractivity contribution in [2.24, 2.45) is 0 Å². The van der Waals surface area contributed by atoms with Crippen LogP contribution in [0.2, 0.25) is 0 Å². The van der Waals surface area contributed by atoms with Crippen LogP contribution in [0.1, 0.15) is 18.4 Å². The molecule has 0 saturated carbocycles. The maximum atomic E-state index is 11.2. The van der Waals surface area contributed by atoms with Gasteiger partial charge in [-0.1, -0.05) is 12.1 Å². The first kappa shape index (κ1) is 20.4. The van der Waals surface area contributed by atoms with Gasteiger partial charge in [-0.3, -0.25) is 9.12 Å². The molecule has 0 amide bonds. The summed E-state index contributed by atoms with van der Waals surface area (Å²) in [6, 6.07) is 13.1. The van der Waals surface area contributed by atoms with Crippen LogP contribution in [-0.2, 0) is 21.1 Å². The lowest BCUT2D eigenvalue weighted by atomic mass is 10.1. The van der Waals surface area contributed by atoms with Crippen LogP contribution in [0.5, 0.6) is 17.2 Å². The molecule has 2 aromatic rings. The van der Waals surface area contributed by atoms with Gasteiger partial charge in [0.2, 0.25) is 0 Å². The molecular weight excluding hydrogens is 383 g/mol. The molecule has 0 aliphatic carbocycles. The highest BCUT2D eigenvalue weighted by molar-refractivity contribution is 7.93. The molecule has 0 radical (unpaired) electrons. The fourth-order valence-electron chi connectivity index (χ4n) is 2.39. The van der Waals surface area contributed by atoms with Crippen LogP contribution in [0.25, 0.3) is 0 Å². The molecule has 0 aromatic heterocycles. The van der Waals surface area contributed by atoms with E-state index in [0.29, 0.717) is 17.9 Å². The molecule has 10 heteroatoms. The summed E-state index contributed by atoms with van der Waals surface area (Å²) in [6.45, 7) is 0. The summed E-state index contributed by atoms with van der Waals surface area (Å²) in [5, 5.41) is 9.25. The highest BCUT2D eigenvalue weighted by Crippen LogP contribution is 2.46. The van der Waals surface area contributed by atoms with Crippen molar-refractivity contribution in [3.8, 4) is 17.2 Å². The van der Waals surface area contributed by atoms with Gasteiger partial charge in [0, 0.05) is 0 Å². The van der Waals surface area contributed by atoms with Gasteiger partial charge in [-0.05, 0) is 61.2 Å². The van der Waals surface area contributed by atoms with Crippen molar-refractivity contribution in [2.75, 3.05) is 0 Å². The Hall–Kier alpha value is -1.90. The topological polar surface area (TPSA) is 141 Å². The minimum absolute atomic E-state index is 0.115. The van der Waals surface area contributed by atoms with Gasteiger partial charge in [-0.25, -0.2) is 0 Å². The predicted octanol–water partition coefficient (Wildman–Crippen LogP) is 2.90. The summed E-state index contributed by atoms with van der Waals surface area (Å²) in [5.41, 5.74) is 0.779. The zero-order chi connectivity index (χ0) is 19.4. The third kappa shape index (κ3) is 6.12. The summed E-state index contributed by atoms with van der Waals surface area (Å²) >= 11 is 0.